The summed E-state index contributed by atoms with van der Waals surface area (Å²) in [5, 5.41) is 24.9. The van der Waals surface area contributed by atoms with E-state index in [4.69, 9.17) is 9.57 Å². The Morgan fingerprint density at radius 1 is 0.821 bits per heavy atom. The van der Waals surface area contributed by atoms with E-state index >= 15 is 0 Å². The van der Waals surface area contributed by atoms with Crippen LogP contribution in [0.15, 0.2) is 72.8 Å². The van der Waals surface area contributed by atoms with Crippen molar-refractivity contribution in [3.05, 3.63) is 83.9 Å². The number of nitrogens with one attached hydrogen (secondary N) is 2. The Morgan fingerprint density at radius 3 is 1.85 bits per heavy atom. The predicted molar refractivity (Wildman–Crippen MR) is 143 cm³/mol. The van der Waals surface area contributed by atoms with Crippen molar-refractivity contribution in [3.8, 4) is 11.8 Å². The van der Waals surface area contributed by atoms with Crippen LogP contribution in [-0.4, -0.2) is 62.8 Å². The summed E-state index contributed by atoms with van der Waals surface area (Å²) in [5.41, 5.74) is 0.854. The molecule has 2 aromatic carbocycles. The summed E-state index contributed by atoms with van der Waals surface area (Å²) in [5.74, 6) is -1.47. The van der Waals surface area contributed by atoms with Crippen LogP contribution in [0.5, 0.6) is 11.8 Å². The number of hydrogen-bond donors (Lipinski definition) is 4. The van der Waals surface area contributed by atoms with E-state index in [1.54, 1.807) is 20.8 Å². The van der Waals surface area contributed by atoms with Gasteiger partial charge < -0.3 is 30.0 Å². The average molecular weight is 539 g/mol. The molecule has 3 aromatic rings. The molecule has 0 aliphatic carbocycles. The topological polar surface area (TPSA) is 142 Å². The van der Waals surface area contributed by atoms with Crippen LogP contribution >= 0.6 is 0 Å². The first-order valence-electron chi connectivity index (χ1n) is 12.4. The Morgan fingerprint density at radius 2 is 1.33 bits per heavy atom. The van der Waals surface area contributed by atoms with Gasteiger partial charge in [-0.25, -0.2) is 9.59 Å². The Kier molecular flexibility index (Phi) is 9.43. The third-order valence-corrected chi connectivity index (χ3v) is 5.62. The molecule has 11 heteroatoms. The van der Waals surface area contributed by atoms with Gasteiger partial charge in [-0.3, -0.25) is 10.1 Å². The minimum atomic E-state index is -1.03. The number of amides is 3. The van der Waals surface area contributed by atoms with Gasteiger partial charge in [0, 0.05) is 32.0 Å². The summed E-state index contributed by atoms with van der Waals surface area (Å²) in [4.78, 5) is 45.5. The smallest absolute Gasteiger partial charge is 0.433 e. The lowest BCUT2D eigenvalue weighted by Gasteiger charge is -2.32. The highest BCUT2D eigenvalue weighted by molar-refractivity contribution is 5.86. The highest BCUT2D eigenvalue weighted by Gasteiger charge is 2.31. The number of benzene rings is 2. The number of rotatable bonds is 9. The summed E-state index contributed by atoms with van der Waals surface area (Å²) in [6, 6.07) is 19.6. The molecule has 11 nitrogen and oxygen atoms in total. The molecular weight excluding hydrogens is 504 g/mol. The van der Waals surface area contributed by atoms with Gasteiger partial charge in [0.15, 0.2) is 0 Å². The van der Waals surface area contributed by atoms with Crippen molar-refractivity contribution < 1.29 is 34.2 Å². The fraction of sp³-hybridized carbons (Fsp3) is 0.321. The minimum absolute atomic E-state index is 0.177. The van der Waals surface area contributed by atoms with E-state index in [1.807, 2.05) is 60.7 Å². The normalized spacial score (nSPS) is 12.6. The van der Waals surface area contributed by atoms with Crippen molar-refractivity contribution in [1.29, 1.82) is 0 Å². The van der Waals surface area contributed by atoms with Crippen molar-refractivity contribution in [2.24, 2.45) is 0 Å². The molecule has 0 bridgehead atoms. The maximum atomic E-state index is 13.8. The summed E-state index contributed by atoms with van der Waals surface area (Å²) in [6.45, 7) is 5.16. The van der Waals surface area contributed by atoms with Gasteiger partial charge in [-0.15, -0.1) is 4.73 Å². The van der Waals surface area contributed by atoms with E-state index in [2.05, 4.69) is 10.6 Å². The summed E-state index contributed by atoms with van der Waals surface area (Å²) >= 11 is 0. The lowest BCUT2D eigenvalue weighted by Crippen LogP contribution is -2.57. The van der Waals surface area contributed by atoms with Crippen LogP contribution in [0.2, 0.25) is 0 Å². The Balaban J connectivity index is 1.84. The van der Waals surface area contributed by atoms with E-state index in [9.17, 15) is 24.6 Å². The second kappa shape index (κ2) is 12.7. The number of ether oxygens (including phenoxy) is 1. The van der Waals surface area contributed by atoms with Crippen LogP contribution < -0.4 is 15.5 Å². The number of alkyl carbamates (subject to hydrolysis) is 1. The molecule has 2 atom stereocenters. The van der Waals surface area contributed by atoms with Gasteiger partial charge in [-0.05, 0) is 31.9 Å². The van der Waals surface area contributed by atoms with Gasteiger partial charge in [0.2, 0.25) is 17.7 Å². The van der Waals surface area contributed by atoms with Crippen LogP contribution in [0.4, 0.5) is 9.59 Å². The van der Waals surface area contributed by atoms with E-state index in [0.717, 1.165) is 23.3 Å². The third-order valence-electron chi connectivity index (χ3n) is 5.62. The predicted octanol–water partition coefficient (Wildman–Crippen LogP) is 3.20. The van der Waals surface area contributed by atoms with Crippen molar-refractivity contribution in [2.45, 2.75) is 51.4 Å². The highest BCUT2D eigenvalue weighted by Crippen LogP contribution is 2.19. The van der Waals surface area contributed by atoms with E-state index in [0.29, 0.717) is 4.73 Å². The van der Waals surface area contributed by atoms with Crippen LogP contribution in [0, 0.1) is 0 Å². The molecule has 0 aliphatic heterocycles. The van der Waals surface area contributed by atoms with Crippen molar-refractivity contribution in [3.63, 3.8) is 0 Å². The van der Waals surface area contributed by atoms with E-state index in [1.165, 1.54) is 11.9 Å². The maximum Gasteiger partial charge on any atom is 0.433 e. The standard InChI is InChI=1S/C28H34N4O7/c1-28(2,3)38-26(36)29-21(17-19-11-7-5-8-12-19)25(35)31(4)22(18-20-13-9-6-10-14-20)30-27(37)39-32-23(33)15-16-24(32)34/h5-16,21-22,33-34H,17-18H2,1-4H3,(H,29,36)(H,30,37)/t21-,22-/m0/s1. The quantitative estimate of drug-likeness (QED) is 0.307. The number of likely N-dealkylation sites (N-methyl/N-ethyl adjacent to an activating group) is 1. The first kappa shape index (κ1) is 28.9. The van der Waals surface area contributed by atoms with Gasteiger partial charge in [-0.2, -0.15) is 0 Å². The zero-order chi connectivity index (χ0) is 28.6. The lowest BCUT2D eigenvalue weighted by atomic mass is 10.0. The molecule has 0 spiro atoms. The van der Waals surface area contributed by atoms with Crippen LogP contribution in [0.25, 0.3) is 0 Å². The van der Waals surface area contributed by atoms with Gasteiger partial charge in [-0.1, -0.05) is 60.7 Å². The summed E-state index contributed by atoms with van der Waals surface area (Å²) in [7, 11) is 1.50. The molecule has 3 amide bonds. The molecule has 0 saturated carbocycles. The molecule has 4 N–H and O–H groups in total. The molecule has 3 rings (SSSR count). The summed E-state index contributed by atoms with van der Waals surface area (Å²) < 4.78 is 5.92. The fourth-order valence-electron chi connectivity index (χ4n) is 3.76. The number of hydrogen-bond acceptors (Lipinski definition) is 7. The number of nitrogens with zero attached hydrogens (tertiary/aromatic N) is 2. The number of carbonyl (C=O) groups excluding carboxylic acids is 3. The second-order valence-electron chi connectivity index (χ2n) is 9.91. The van der Waals surface area contributed by atoms with Crippen molar-refractivity contribution in [1.82, 2.24) is 20.3 Å². The van der Waals surface area contributed by atoms with Gasteiger partial charge in [0.25, 0.3) is 0 Å². The molecule has 1 aromatic heterocycles. The molecule has 1 heterocycles. The molecular formula is C28H34N4O7. The third kappa shape index (κ3) is 8.70. The van der Waals surface area contributed by atoms with Crippen molar-refractivity contribution >= 4 is 18.1 Å². The number of aromatic nitrogens is 1. The van der Waals surface area contributed by atoms with Gasteiger partial charge in [0.05, 0.1) is 0 Å². The van der Waals surface area contributed by atoms with Crippen LogP contribution in [0.3, 0.4) is 0 Å². The van der Waals surface area contributed by atoms with Crippen LogP contribution in [0.1, 0.15) is 31.9 Å². The first-order valence-corrected chi connectivity index (χ1v) is 12.4. The largest absolute Gasteiger partial charge is 0.492 e. The highest BCUT2D eigenvalue weighted by atomic mass is 16.7. The molecule has 0 radical (unpaired) electrons. The molecule has 0 saturated heterocycles. The Labute approximate surface area is 226 Å². The molecule has 0 aliphatic rings. The molecule has 39 heavy (non-hydrogen) atoms. The maximum absolute atomic E-state index is 13.8. The Bertz CT molecular complexity index is 1240. The summed E-state index contributed by atoms with van der Waals surface area (Å²) in [6.07, 6.45) is -2.33. The monoisotopic (exact) mass is 538 g/mol. The number of aromatic hydroxyl groups is 2. The zero-order valence-corrected chi connectivity index (χ0v) is 22.3. The SMILES string of the molecule is CN(C(=O)[C@H](Cc1ccccc1)NC(=O)OC(C)(C)C)[C@@H](Cc1ccccc1)NC(=O)On1c(O)ccc1O. The minimum Gasteiger partial charge on any atom is -0.492 e. The Hall–Kier alpha value is -4.67. The molecule has 0 fully saturated rings. The zero-order valence-electron chi connectivity index (χ0n) is 22.3. The lowest BCUT2D eigenvalue weighted by molar-refractivity contribution is -0.134. The fourth-order valence-corrected chi connectivity index (χ4v) is 3.76. The second-order valence-corrected chi connectivity index (χ2v) is 9.91. The average Bonchev–Trinajstić information content (AvgIpc) is 3.19. The number of carbonyl (C=O) groups is 3. The van der Waals surface area contributed by atoms with E-state index < -0.39 is 47.7 Å². The van der Waals surface area contributed by atoms with Crippen molar-refractivity contribution in [2.75, 3.05) is 7.05 Å². The first-order chi connectivity index (χ1) is 18.4. The van der Waals surface area contributed by atoms with Crippen LogP contribution in [-0.2, 0) is 22.4 Å². The molecule has 208 valence electrons. The van der Waals surface area contributed by atoms with Gasteiger partial charge in [0.1, 0.15) is 17.8 Å². The van der Waals surface area contributed by atoms with Gasteiger partial charge >= 0.3 is 12.2 Å². The van der Waals surface area contributed by atoms with E-state index in [-0.39, 0.29) is 12.8 Å². The molecule has 0 unspecified atom stereocenters.